The highest BCUT2D eigenvalue weighted by Crippen LogP contribution is 2.17. The van der Waals surface area contributed by atoms with E-state index < -0.39 is 0 Å². The molecular formula is C10H22N2O. The van der Waals surface area contributed by atoms with E-state index in [1.54, 1.807) is 0 Å². The predicted octanol–water partition coefficient (Wildman–Crippen LogP) is 0.441. The van der Waals surface area contributed by atoms with Crippen LogP contribution in [0.1, 0.15) is 25.7 Å². The molecule has 0 aromatic heterocycles. The van der Waals surface area contributed by atoms with Crippen molar-refractivity contribution < 1.29 is 5.11 Å². The molecule has 3 nitrogen and oxygen atoms in total. The third kappa shape index (κ3) is 4.07. The molecule has 0 radical (unpaired) electrons. The Kier molecular flexibility index (Phi) is 4.70. The molecule has 2 N–H and O–H groups in total. The van der Waals surface area contributed by atoms with Gasteiger partial charge < -0.3 is 15.3 Å². The molecule has 1 aliphatic rings. The lowest BCUT2D eigenvalue weighted by Crippen LogP contribution is -2.44. The van der Waals surface area contributed by atoms with Crippen molar-refractivity contribution in [3.8, 4) is 0 Å². The number of nitrogens with one attached hydrogen (secondary N) is 1. The first-order valence-electron chi connectivity index (χ1n) is 5.26. The number of rotatable bonds is 4. The summed E-state index contributed by atoms with van der Waals surface area (Å²) in [6.45, 7) is 2.03. The SMILES string of the molecule is CN(C)CCN[C@H]1CCCC[C@@H]1O. The van der Waals surface area contributed by atoms with Crippen LogP contribution in [-0.4, -0.2) is 49.3 Å². The molecule has 13 heavy (non-hydrogen) atoms. The van der Waals surface area contributed by atoms with Crippen LogP contribution >= 0.6 is 0 Å². The van der Waals surface area contributed by atoms with Crippen LogP contribution in [-0.2, 0) is 0 Å². The Balaban J connectivity index is 2.11. The molecule has 0 unspecified atom stereocenters. The van der Waals surface area contributed by atoms with Crippen molar-refractivity contribution >= 4 is 0 Å². The largest absolute Gasteiger partial charge is 0.392 e. The summed E-state index contributed by atoms with van der Waals surface area (Å²) in [5, 5.41) is 13.1. The Hall–Kier alpha value is -0.120. The first-order valence-corrected chi connectivity index (χ1v) is 5.26. The lowest BCUT2D eigenvalue weighted by molar-refractivity contribution is 0.0902. The number of nitrogens with zero attached hydrogens (tertiary/aromatic N) is 1. The number of hydrogen-bond acceptors (Lipinski definition) is 3. The molecule has 0 aliphatic heterocycles. The predicted molar refractivity (Wildman–Crippen MR) is 54.8 cm³/mol. The zero-order valence-electron chi connectivity index (χ0n) is 8.79. The first kappa shape index (κ1) is 11.0. The molecule has 0 spiro atoms. The number of aliphatic hydroxyl groups is 1. The van der Waals surface area contributed by atoms with Gasteiger partial charge >= 0.3 is 0 Å². The fraction of sp³-hybridized carbons (Fsp3) is 1.00. The van der Waals surface area contributed by atoms with Gasteiger partial charge in [-0.1, -0.05) is 12.8 Å². The summed E-state index contributed by atoms with van der Waals surface area (Å²) >= 11 is 0. The van der Waals surface area contributed by atoms with Crippen molar-refractivity contribution in [2.75, 3.05) is 27.2 Å². The summed E-state index contributed by atoms with van der Waals surface area (Å²) in [6.07, 6.45) is 4.44. The zero-order valence-corrected chi connectivity index (χ0v) is 8.79. The monoisotopic (exact) mass is 186 g/mol. The molecule has 0 amide bonds. The van der Waals surface area contributed by atoms with Gasteiger partial charge in [0.2, 0.25) is 0 Å². The molecule has 0 bridgehead atoms. The highest BCUT2D eigenvalue weighted by atomic mass is 16.3. The van der Waals surface area contributed by atoms with Crippen LogP contribution in [0.5, 0.6) is 0 Å². The van der Waals surface area contributed by atoms with Gasteiger partial charge in [-0.05, 0) is 26.9 Å². The smallest absolute Gasteiger partial charge is 0.0693 e. The Morgan fingerprint density at radius 3 is 2.62 bits per heavy atom. The van der Waals surface area contributed by atoms with Crippen LogP contribution in [0.2, 0.25) is 0 Å². The van der Waals surface area contributed by atoms with E-state index in [-0.39, 0.29) is 6.10 Å². The van der Waals surface area contributed by atoms with E-state index in [0.29, 0.717) is 6.04 Å². The molecule has 1 saturated carbocycles. The second kappa shape index (κ2) is 5.58. The summed E-state index contributed by atoms with van der Waals surface area (Å²) in [7, 11) is 4.14. The van der Waals surface area contributed by atoms with E-state index in [0.717, 1.165) is 25.9 Å². The molecule has 2 atom stereocenters. The van der Waals surface area contributed by atoms with Gasteiger partial charge in [-0.2, -0.15) is 0 Å². The van der Waals surface area contributed by atoms with Crippen molar-refractivity contribution in [2.45, 2.75) is 37.8 Å². The number of likely N-dealkylation sites (N-methyl/N-ethyl adjacent to an activating group) is 1. The Morgan fingerprint density at radius 2 is 2.00 bits per heavy atom. The van der Waals surface area contributed by atoms with Gasteiger partial charge in [-0.15, -0.1) is 0 Å². The molecule has 1 aliphatic carbocycles. The molecule has 0 saturated heterocycles. The van der Waals surface area contributed by atoms with Crippen molar-refractivity contribution in [1.82, 2.24) is 10.2 Å². The van der Waals surface area contributed by atoms with E-state index in [1.165, 1.54) is 12.8 Å². The summed E-state index contributed by atoms with van der Waals surface area (Å²) < 4.78 is 0. The van der Waals surface area contributed by atoms with Crippen LogP contribution < -0.4 is 5.32 Å². The van der Waals surface area contributed by atoms with Crippen LogP contribution in [0.4, 0.5) is 0 Å². The third-order valence-electron chi connectivity index (χ3n) is 2.70. The molecule has 0 aromatic carbocycles. The molecule has 0 aromatic rings. The molecule has 1 fully saturated rings. The second-order valence-electron chi connectivity index (χ2n) is 4.22. The van der Waals surface area contributed by atoms with E-state index in [9.17, 15) is 5.11 Å². The minimum atomic E-state index is -0.115. The van der Waals surface area contributed by atoms with Gasteiger partial charge in [0.05, 0.1) is 6.10 Å². The highest BCUT2D eigenvalue weighted by Gasteiger charge is 2.21. The maximum atomic E-state index is 9.66. The molecule has 0 heterocycles. The minimum absolute atomic E-state index is 0.115. The normalized spacial score (nSPS) is 29.5. The van der Waals surface area contributed by atoms with E-state index in [2.05, 4.69) is 24.3 Å². The number of hydrogen-bond donors (Lipinski definition) is 2. The summed E-state index contributed by atoms with van der Waals surface area (Å²) in [4.78, 5) is 2.15. The summed E-state index contributed by atoms with van der Waals surface area (Å²) in [5.74, 6) is 0. The average Bonchev–Trinajstić information content (AvgIpc) is 2.08. The lowest BCUT2D eigenvalue weighted by Gasteiger charge is -2.28. The standard InChI is InChI=1S/C10H22N2O/c1-12(2)8-7-11-9-5-3-4-6-10(9)13/h9-11,13H,3-8H2,1-2H3/t9-,10-/m0/s1. The average molecular weight is 186 g/mol. The quantitative estimate of drug-likeness (QED) is 0.669. The fourth-order valence-electron chi connectivity index (χ4n) is 1.82. The van der Waals surface area contributed by atoms with Gasteiger partial charge in [-0.25, -0.2) is 0 Å². The van der Waals surface area contributed by atoms with E-state index in [4.69, 9.17) is 0 Å². The van der Waals surface area contributed by atoms with Crippen LogP contribution in [0.25, 0.3) is 0 Å². The summed E-state index contributed by atoms with van der Waals surface area (Å²) in [5.41, 5.74) is 0. The van der Waals surface area contributed by atoms with Crippen molar-refractivity contribution in [3.05, 3.63) is 0 Å². The highest BCUT2D eigenvalue weighted by molar-refractivity contribution is 4.80. The van der Waals surface area contributed by atoms with Gasteiger partial charge in [-0.3, -0.25) is 0 Å². The van der Waals surface area contributed by atoms with Crippen molar-refractivity contribution in [1.29, 1.82) is 0 Å². The van der Waals surface area contributed by atoms with Crippen molar-refractivity contribution in [2.24, 2.45) is 0 Å². The summed E-state index contributed by atoms with van der Waals surface area (Å²) in [6, 6.07) is 0.341. The molecule has 3 heteroatoms. The van der Waals surface area contributed by atoms with Crippen LogP contribution in [0.15, 0.2) is 0 Å². The van der Waals surface area contributed by atoms with E-state index >= 15 is 0 Å². The maximum absolute atomic E-state index is 9.66. The third-order valence-corrected chi connectivity index (χ3v) is 2.70. The molecular weight excluding hydrogens is 164 g/mol. The van der Waals surface area contributed by atoms with Gasteiger partial charge in [0.25, 0.3) is 0 Å². The zero-order chi connectivity index (χ0) is 9.68. The van der Waals surface area contributed by atoms with E-state index in [1.807, 2.05) is 0 Å². The first-order chi connectivity index (χ1) is 6.20. The number of aliphatic hydroxyl groups excluding tert-OH is 1. The van der Waals surface area contributed by atoms with Crippen molar-refractivity contribution in [3.63, 3.8) is 0 Å². The van der Waals surface area contributed by atoms with Crippen LogP contribution in [0.3, 0.4) is 0 Å². The Morgan fingerprint density at radius 1 is 1.31 bits per heavy atom. The fourth-order valence-corrected chi connectivity index (χ4v) is 1.82. The van der Waals surface area contributed by atoms with Crippen LogP contribution in [0, 0.1) is 0 Å². The minimum Gasteiger partial charge on any atom is -0.392 e. The Labute approximate surface area is 81.1 Å². The maximum Gasteiger partial charge on any atom is 0.0693 e. The van der Waals surface area contributed by atoms with Gasteiger partial charge in [0.1, 0.15) is 0 Å². The molecule has 78 valence electrons. The molecule has 1 rings (SSSR count). The second-order valence-corrected chi connectivity index (χ2v) is 4.22. The Bertz CT molecular complexity index is 139. The van der Waals surface area contributed by atoms with Gasteiger partial charge in [0, 0.05) is 19.1 Å². The topological polar surface area (TPSA) is 35.5 Å². The van der Waals surface area contributed by atoms with Gasteiger partial charge in [0.15, 0.2) is 0 Å². The lowest BCUT2D eigenvalue weighted by atomic mass is 9.93.